The van der Waals surface area contributed by atoms with Crippen molar-refractivity contribution in [2.24, 2.45) is 11.8 Å². The van der Waals surface area contributed by atoms with Crippen LogP contribution in [0.2, 0.25) is 0 Å². The van der Waals surface area contributed by atoms with E-state index in [0.717, 1.165) is 23.2 Å². The van der Waals surface area contributed by atoms with Gasteiger partial charge < -0.3 is 5.11 Å². The van der Waals surface area contributed by atoms with Crippen molar-refractivity contribution in [1.29, 1.82) is 0 Å². The van der Waals surface area contributed by atoms with Crippen LogP contribution in [-0.2, 0) is 6.61 Å². The van der Waals surface area contributed by atoms with E-state index in [0.29, 0.717) is 5.92 Å². The van der Waals surface area contributed by atoms with E-state index >= 15 is 0 Å². The average Bonchev–Trinajstić information content (AvgIpc) is 2.39. The van der Waals surface area contributed by atoms with E-state index in [9.17, 15) is 0 Å². The first-order valence-electron chi connectivity index (χ1n) is 6.77. The van der Waals surface area contributed by atoms with Crippen LogP contribution in [0.1, 0.15) is 56.8 Å². The number of rotatable bonds is 3. The van der Waals surface area contributed by atoms with Crippen molar-refractivity contribution >= 4 is 0 Å². The quantitative estimate of drug-likeness (QED) is 0.866. The van der Waals surface area contributed by atoms with E-state index < -0.39 is 0 Å². The lowest BCUT2D eigenvalue weighted by atomic mass is 9.76. The van der Waals surface area contributed by atoms with E-state index in [1.54, 1.807) is 0 Å². The smallest absolute Gasteiger partial charge is 0.0853 e. The zero-order valence-electron chi connectivity index (χ0n) is 10.9. The summed E-state index contributed by atoms with van der Waals surface area (Å²) in [4.78, 5) is 4.54. The molecule has 1 atom stereocenters. The lowest BCUT2D eigenvalue weighted by molar-refractivity contribution is 0.256. The summed E-state index contributed by atoms with van der Waals surface area (Å²) in [6, 6.07) is 6.00. The molecule has 0 aliphatic heterocycles. The minimum absolute atomic E-state index is 0.0439. The summed E-state index contributed by atoms with van der Waals surface area (Å²) in [6.07, 6.45) is 5.37. The van der Waals surface area contributed by atoms with Gasteiger partial charge in [-0.15, -0.1) is 0 Å². The van der Waals surface area contributed by atoms with Crippen molar-refractivity contribution in [3.63, 3.8) is 0 Å². The van der Waals surface area contributed by atoms with Crippen molar-refractivity contribution in [2.45, 2.75) is 52.1 Å². The van der Waals surface area contributed by atoms with E-state index in [1.807, 2.05) is 12.1 Å². The molecule has 0 bridgehead atoms. The van der Waals surface area contributed by atoms with Crippen LogP contribution in [0.5, 0.6) is 0 Å². The molecule has 1 aliphatic carbocycles. The third-order valence-electron chi connectivity index (χ3n) is 4.22. The fraction of sp³-hybridized carbons (Fsp3) is 0.667. The lowest BCUT2D eigenvalue weighted by Gasteiger charge is -2.30. The Bertz CT molecular complexity index is 356. The molecule has 0 saturated heterocycles. The van der Waals surface area contributed by atoms with Crippen molar-refractivity contribution in [3.8, 4) is 0 Å². The molecule has 0 spiro atoms. The second kappa shape index (κ2) is 5.63. The summed E-state index contributed by atoms with van der Waals surface area (Å²) in [6.45, 7) is 4.68. The van der Waals surface area contributed by atoms with Crippen molar-refractivity contribution in [3.05, 3.63) is 29.6 Å². The second-order valence-corrected chi connectivity index (χ2v) is 5.52. The molecule has 2 nitrogen and oxygen atoms in total. The number of aromatic nitrogens is 1. The molecule has 1 saturated carbocycles. The van der Waals surface area contributed by atoms with Gasteiger partial charge in [0.2, 0.25) is 0 Å². The Morgan fingerprint density at radius 2 is 2.00 bits per heavy atom. The molecule has 0 aromatic carbocycles. The van der Waals surface area contributed by atoms with Crippen LogP contribution in [0.3, 0.4) is 0 Å². The third kappa shape index (κ3) is 3.06. The summed E-state index contributed by atoms with van der Waals surface area (Å²) in [5.41, 5.74) is 1.94. The van der Waals surface area contributed by atoms with Gasteiger partial charge in [0, 0.05) is 11.6 Å². The highest BCUT2D eigenvalue weighted by atomic mass is 16.3. The molecule has 1 aromatic heterocycles. The van der Waals surface area contributed by atoms with Gasteiger partial charge in [0.05, 0.1) is 12.3 Å². The monoisotopic (exact) mass is 233 g/mol. The van der Waals surface area contributed by atoms with Crippen LogP contribution in [0, 0.1) is 11.8 Å². The molecule has 1 fully saturated rings. The molecular formula is C15H23NO. The summed E-state index contributed by atoms with van der Waals surface area (Å²) in [7, 11) is 0. The standard InChI is InChI=1S/C15H23NO/c1-11-6-8-13(9-7-11)12(2)15-5-3-4-14(10-17)16-15/h3-5,11-13,17H,6-10H2,1-2H3/t11-,12?,13-. The first-order valence-corrected chi connectivity index (χ1v) is 6.77. The molecule has 1 N–H and O–H groups in total. The van der Waals surface area contributed by atoms with Gasteiger partial charge in [0.1, 0.15) is 0 Å². The van der Waals surface area contributed by atoms with Gasteiger partial charge in [-0.25, -0.2) is 0 Å². The SMILES string of the molecule is CC(c1cccc(CO)n1)[C@H]1CC[C@H](C)CC1. The normalized spacial score (nSPS) is 26.8. The Labute approximate surface area is 104 Å². The number of hydrogen-bond donors (Lipinski definition) is 1. The maximum absolute atomic E-state index is 9.13. The number of aliphatic hydroxyl groups excluding tert-OH is 1. The topological polar surface area (TPSA) is 33.1 Å². The maximum atomic E-state index is 9.13. The lowest BCUT2D eigenvalue weighted by Crippen LogP contribution is -2.18. The van der Waals surface area contributed by atoms with Crippen LogP contribution in [0.15, 0.2) is 18.2 Å². The van der Waals surface area contributed by atoms with Crippen molar-refractivity contribution in [1.82, 2.24) is 4.98 Å². The maximum Gasteiger partial charge on any atom is 0.0853 e. The summed E-state index contributed by atoms with van der Waals surface area (Å²) >= 11 is 0. The number of pyridine rings is 1. The molecule has 2 heteroatoms. The highest BCUT2D eigenvalue weighted by molar-refractivity contribution is 5.15. The van der Waals surface area contributed by atoms with E-state index in [2.05, 4.69) is 24.9 Å². The first kappa shape index (κ1) is 12.6. The van der Waals surface area contributed by atoms with Gasteiger partial charge >= 0.3 is 0 Å². The molecule has 0 amide bonds. The van der Waals surface area contributed by atoms with Gasteiger partial charge in [0.25, 0.3) is 0 Å². The Kier molecular flexibility index (Phi) is 4.16. The van der Waals surface area contributed by atoms with Gasteiger partial charge in [-0.2, -0.15) is 0 Å². The molecule has 0 radical (unpaired) electrons. The minimum atomic E-state index is 0.0439. The van der Waals surface area contributed by atoms with E-state index in [1.165, 1.54) is 25.7 Å². The molecule has 94 valence electrons. The Morgan fingerprint density at radius 1 is 1.29 bits per heavy atom. The summed E-state index contributed by atoms with van der Waals surface area (Å²) < 4.78 is 0. The van der Waals surface area contributed by atoms with Gasteiger partial charge in [0.15, 0.2) is 0 Å². The Morgan fingerprint density at radius 3 is 2.65 bits per heavy atom. The highest BCUT2D eigenvalue weighted by Crippen LogP contribution is 2.37. The zero-order chi connectivity index (χ0) is 12.3. The summed E-state index contributed by atoms with van der Waals surface area (Å²) in [5.74, 6) is 2.19. The molecule has 1 aliphatic rings. The van der Waals surface area contributed by atoms with Crippen LogP contribution in [-0.4, -0.2) is 10.1 Å². The number of nitrogens with zero attached hydrogens (tertiary/aromatic N) is 1. The Hall–Kier alpha value is -0.890. The third-order valence-corrected chi connectivity index (χ3v) is 4.22. The number of aliphatic hydroxyl groups is 1. The number of hydrogen-bond acceptors (Lipinski definition) is 2. The fourth-order valence-corrected chi connectivity index (χ4v) is 2.87. The van der Waals surface area contributed by atoms with Crippen molar-refractivity contribution in [2.75, 3.05) is 0 Å². The van der Waals surface area contributed by atoms with Crippen LogP contribution in [0.25, 0.3) is 0 Å². The van der Waals surface area contributed by atoms with Crippen molar-refractivity contribution < 1.29 is 5.11 Å². The largest absolute Gasteiger partial charge is 0.390 e. The first-order chi connectivity index (χ1) is 8.20. The van der Waals surface area contributed by atoms with Crippen LogP contribution in [0.4, 0.5) is 0 Å². The predicted molar refractivity (Wildman–Crippen MR) is 69.7 cm³/mol. The molecule has 17 heavy (non-hydrogen) atoms. The van der Waals surface area contributed by atoms with E-state index in [4.69, 9.17) is 5.11 Å². The van der Waals surface area contributed by atoms with E-state index in [-0.39, 0.29) is 6.61 Å². The highest BCUT2D eigenvalue weighted by Gasteiger charge is 2.24. The van der Waals surface area contributed by atoms with Crippen LogP contribution < -0.4 is 0 Å². The predicted octanol–water partition coefficient (Wildman–Crippen LogP) is 3.50. The molecular weight excluding hydrogens is 210 g/mol. The zero-order valence-corrected chi connectivity index (χ0v) is 10.9. The molecule has 1 unspecified atom stereocenters. The Balaban J connectivity index is 2.05. The van der Waals surface area contributed by atoms with Gasteiger partial charge in [-0.05, 0) is 36.8 Å². The molecule has 1 aromatic rings. The second-order valence-electron chi connectivity index (χ2n) is 5.52. The minimum Gasteiger partial charge on any atom is -0.390 e. The molecule has 1 heterocycles. The van der Waals surface area contributed by atoms with Gasteiger partial charge in [-0.3, -0.25) is 4.98 Å². The van der Waals surface area contributed by atoms with Gasteiger partial charge in [-0.1, -0.05) is 32.8 Å². The molecule has 2 rings (SSSR count). The fourth-order valence-electron chi connectivity index (χ4n) is 2.87. The van der Waals surface area contributed by atoms with Crippen LogP contribution >= 0.6 is 0 Å². The summed E-state index contributed by atoms with van der Waals surface area (Å²) in [5, 5.41) is 9.13. The average molecular weight is 233 g/mol.